The maximum atomic E-state index is 12.4. The molecule has 4 nitrogen and oxygen atoms in total. The van der Waals surface area contributed by atoms with E-state index in [1.54, 1.807) is 23.9 Å². The van der Waals surface area contributed by atoms with Gasteiger partial charge in [0.1, 0.15) is 0 Å². The van der Waals surface area contributed by atoms with Crippen molar-refractivity contribution in [1.82, 2.24) is 10.0 Å². The summed E-state index contributed by atoms with van der Waals surface area (Å²) < 4.78 is 27.4. The molecule has 2 N–H and O–H groups in total. The highest BCUT2D eigenvalue weighted by molar-refractivity contribution is 8.00. The third-order valence-corrected chi connectivity index (χ3v) is 5.82. The Morgan fingerprint density at radius 2 is 1.90 bits per heavy atom. The SMILES string of the molecule is CCNCc1ccccc1S(=O)(=O)NCC(C)(C)SC. The van der Waals surface area contributed by atoms with Gasteiger partial charge in [-0.25, -0.2) is 13.1 Å². The van der Waals surface area contributed by atoms with E-state index in [1.807, 2.05) is 39.2 Å². The fraction of sp³-hybridized carbons (Fsp3) is 0.571. The Morgan fingerprint density at radius 1 is 1.25 bits per heavy atom. The largest absolute Gasteiger partial charge is 0.313 e. The van der Waals surface area contributed by atoms with Gasteiger partial charge in [-0.05, 0) is 38.3 Å². The molecule has 6 heteroatoms. The molecule has 0 saturated heterocycles. The molecular weight excluding hydrogens is 292 g/mol. The minimum absolute atomic E-state index is 0.121. The predicted octanol–water partition coefficient (Wildman–Crippen LogP) is 2.22. The second-order valence-electron chi connectivity index (χ2n) is 5.18. The fourth-order valence-electron chi connectivity index (χ4n) is 1.59. The van der Waals surface area contributed by atoms with Gasteiger partial charge in [-0.2, -0.15) is 11.8 Å². The standard InChI is InChI=1S/C14H24N2O2S2/c1-5-15-10-12-8-6-7-9-13(12)20(17,18)16-11-14(2,3)19-4/h6-9,15-16H,5,10-11H2,1-4H3. The van der Waals surface area contributed by atoms with E-state index in [9.17, 15) is 8.42 Å². The first-order valence-corrected chi connectivity index (χ1v) is 9.36. The highest BCUT2D eigenvalue weighted by Gasteiger charge is 2.22. The molecule has 0 heterocycles. The molecule has 0 amide bonds. The van der Waals surface area contributed by atoms with Gasteiger partial charge in [0.15, 0.2) is 0 Å². The van der Waals surface area contributed by atoms with Crippen LogP contribution in [0, 0.1) is 0 Å². The minimum atomic E-state index is -3.47. The summed E-state index contributed by atoms with van der Waals surface area (Å²) in [5.41, 5.74) is 0.795. The van der Waals surface area contributed by atoms with Crippen LogP contribution in [-0.4, -0.2) is 32.5 Å². The van der Waals surface area contributed by atoms with E-state index in [0.29, 0.717) is 18.0 Å². The summed E-state index contributed by atoms with van der Waals surface area (Å²) in [4.78, 5) is 0.359. The zero-order valence-corrected chi connectivity index (χ0v) is 14.2. The summed E-state index contributed by atoms with van der Waals surface area (Å²) in [6.45, 7) is 7.80. The molecule has 0 atom stereocenters. The summed E-state index contributed by atoms with van der Waals surface area (Å²) in [6.07, 6.45) is 1.98. The number of thioether (sulfide) groups is 1. The van der Waals surface area contributed by atoms with Gasteiger partial charge in [0, 0.05) is 17.8 Å². The first-order chi connectivity index (χ1) is 9.32. The van der Waals surface area contributed by atoms with Crippen molar-refractivity contribution in [3.8, 4) is 0 Å². The second kappa shape index (κ2) is 7.45. The van der Waals surface area contributed by atoms with Crippen LogP contribution in [0.15, 0.2) is 29.2 Å². The van der Waals surface area contributed by atoms with Gasteiger partial charge in [-0.15, -0.1) is 0 Å². The predicted molar refractivity (Wildman–Crippen MR) is 86.6 cm³/mol. The Kier molecular flexibility index (Phi) is 6.51. The zero-order chi connectivity index (χ0) is 15.2. The first-order valence-electron chi connectivity index (χ1n) is 6.66. The second-order valence-corrected chi connectivity index (χ2v) is 8.43. The summed E-state index contributed by atoms with van der Waals surface area (Å²) in [5.74, 6) is 0. The number of hydrogen-bond donors (Lipinski definition) is 2. The molecule has 0 unspecified atom stereocenters. The van der Waals surface area contributed by atoms with Crippen molar-refractivity contribution >= 4 is 21.8 Å². The lowest BCUT2D eigenvalue weighted by atomic mass is 10.2. The molecule has 1 aromatic carbocycles. The topological polar surface area (TPSA) is 58.2 Å². The summed E-state index contributed by atoms with van der Waals surface area (Å²) in [5, 5.41) is 3.16. The van der Waals surface area contributed by atoms with Crippen LogP contribution in [0.1, 0.15) is 26.3 Å². The van der Waals surface area contributed by atoms with Gasteiger partial charge in [0.25, 0.3) is 0 Å². The van der Waals surface area contributed by atoms with E-state index in [-0.39, 0.29) is 4.75 Å². The van der Waals surface area contributed by atoms with E-state index >= 15 is 0 Å². The molecular formula is C14H24N2O2S2. The van der Waals surface area contributed by atoms with Crippen LogP contribution in [0.5, 0.6) is 0 Å². The van der Waals surface area contributed by atoms with Gasteiger partial charge in [0.2, 0.25) is 10.0 Å². The smallest absolute Gasteiger partial charge is 0.240 e. The summed E-state index contributed by atoms with van der Waals surface area (Å²) >= 11 is 1.64. The van der Waals surface area contributed by atoms with Gasteiger partial charge in [0.05, 0.1) is 4.90 Å². The molecule has 1 aromatic rings. The van der Waals surface area contributed by atoms with Crippen molar-refractivity contribution in [3.05, 3.63) is 29.8 Å². The molecule has 0 aliphatic carbocycles. The number of sulfonamides is 1. The number of rotatable bonds is 8. The highest BCUT2D eigenvalue weighted by atomic mass is 32.2. The Labute approximate surface area is 126 Å². The Morgan fingerprint density at radius 3 is 2.50 bits per heavy atom. The average Bonchev–Trinajstić information content (AvgIpc) is 2.43. The maximum absolute atomic E-state index is 12.4. The average molecular weight is 316 g/mol. The quantitative estimate of drug-likeness (QED) is 0.772. The van der Waals surface area contributed by atoms with Gasteiger partial charge in [-0.1, -0.05) is 25.1 Å². The van der Waals surface area contributed by atoms with E-state index in [1.165, 1.54) is 0 Å². The van der Waals surface area contributed by atoms with Crippen molar-refractivity contribution in [2.45, 2.75) is 37.0 Å². The van der Waals surface area contributed by atoms with E-state index in [4.69, 9.17) is 0 Å². The van der Waals surface area contributed by atoms with Crippen LogP contribution in [0.4, 0.5) is 0 Å². The minimum Gasteiger partial charge on any atom is -0.313 e. The van der Waals surface area contributed by atoms with E-state index in [0.717, 1.165) is 12.1 Å². The Hall–Kier alpha value is -0.560. The van der Waals surface area contributed by atoms with Gasteiger partial charge >= 0.3 is 0 Å². The molecule has 114 valence electrons. The summed E-state index contributed by atoms with van der Waals surface area (Å²) in [7, 11) is -3.47. The molecule has 0 aromatic heterocycles. The lowest BCUT2D eigenvalue weighted by Gasteiger charge is -2.22. The number of hydrogen-bond acceptors (Lipinski definition) is 4. The molecule has 0 aliphatic heterocycles. The van der Waals surface area contributed by atoms with Crippen molar-refractivity contribution in [2.24, 2.45) is 0 Å². The Bertz CT molecular complexity index is 528. The van der Waals surface area contributed by atoms with Crippen molar-refractivity contribution in [1.29, 1.82) is 0 Å². The van der Waals surface area contributed by atoms with Crippen LogP contribution in [0.2, 0.25) is 0 Å². The van der Waals surface area contributed by atoms with Crippen LogP contribution in [-0.2, 0) is 16.6 Å². The van der Waals surface area contributed by atoms with Crippen molar-refractivity contribution < 1.29 is 8.42 Å². The summed E-state index contributed by atoms with van der Waals surface area (Å²) in [6, 6.07) is 7.11. The number of benzene rings is 1. The number of nitrogens with one attached hydrogen (secondary N) is 2. The van der Waals surface area contributed by atoms with Crippen molar-refractivity contribution in [3.63, 3.8) is 0 Å². The molecule has 1 rings (SSSR count). The monoisotopic (exact) mass is 316 g/mol. The lowest BCUT2D eigenvalue weighted by Crippen LogP contribution is -2.36. The normalized spacial score (nSPS) is 12.6. The van der Waals surface area contributed by atoms with Crippen LogP contribution >= 0.6 is 11.8 Å². The van der Waals surface area contributed by atoms with Gasteiger partial charge < -0.3 is 5.32 Å². The lowest BCUT2D eigenvalue weighted by molar-refractivity contribution is 0.568. The van der Waals surface area contributed by atoms with Gasteiger partial charge in [-0.3, -0.25) is 0 Å². The van der Waals surface area contributed by atoms with E-state index < -0.39 is 10.0 Å². The van der Waals surface area contributed by atoms with E-state index in [2.05, 4.69) is 10.0 Å². The molecule has 0 saturated carbocycles. The third-order valence-electron chi connectivity index (χ3n) is 3.07. The molecule has 0 fully saturated rings. The third kappa shape index (κ3) is 5.09. The zero-order valence-electron chi connectivity index (χ0n) is 12.6. The maximum Gasteiger partial charge on any atom is 0.240 e. The Balaban J connectivity index is 2.92. The van der Waals surface area contributed by atoms with Crippen LogP contribution < -0.4 is 10.0 Å². The van der Waals surface area contributed by atoms with Crippen LogP contribution in [0.3, 0.4) is 0 Å². The molecule has 20 heavy (non-hydrogen) atoms. The fourth-order valence-corrected chi connectivity index (χ4v) is 3.35. The molecule has 0 spiro atoms. The van der Waals surface area contributed by atoms with Crippen LogP contribution in [0.25, 0.3) is 0 Å². The molecule has 0 aliphatic rings. The molecule has 0 bridgehead atoms. The highest BCUT2D eigenvalue weighted by Crippen LogP contribution is 2.21. The van der Waals surface area contributed by atoms with Crippen molar-refractivity contribution in [2.75, 3.05) is 19.3 Å². The molecule has 0 radical (unpaired) electrons. The first kappa shape index (κ1) is 17.5.